The van der Waals surface area contributed by atoms with Crippen LogP contribution >= 0.6 is 39.3 Å². The highest BCUT2D eigenvalue weighted by Gasteiger charge is 2.23. The van der Waals surface area contributed by atoms with Crippen LogP contribution in [0, 0.1) is 0 Å². The Kier molecular flexibility index (Phi) is 7.58. The molecular formula is C21H18BrClN2O4S. The van der Waals surface area contributed by atoms with E-state index in [4.69, 9.17) is 21.1 Å². The number of amides is 2. The van der Waals surface area contributed by atoms with E-state index in [1.165, 1.54) is 6.92 Å². The zero-order chi connectivity index (χ0) is 21.7. The number of rotatable bonds is 6. The minimum absolute atomic E-state index is 0.254. The number of thioether (sulfide) groups is 1. The summed E-state index contributed by atoms with van der Waals surface area (Å²) >= 11 is 11.0. The zero-order valence-electron chi connectivity index (χ0n) is 16.2. The molecule has 9 heteroatoms. The number of nitrogens with one attached hydrogen (secondary N) is 1. The smallest absolute Gasteiger partial charge is 0.286 e. The van der Waals surface area contributed by atoms with Crippen LogP contribution in [0.15, 0.2) is 50.8 Å². The molecule has 1 aliphatic rings. The number of nitrogens with zero attached hydrogens (tertiary/aromatic N) is 1. The second-order valence-corrected chi connectivity index (χ2v) is 8.55. The van der Waals surface area contributed by atoms with Crippen molar-refractivity contribution in [1.29, 1.82) is 0 Å². The highest BCUT2D eigenvalue weighted by molar-refractivity contribution is 9.10. The van der Waals surface area contributed by atoms with Crippen molar-refractivity contribution in [2.75, 3.05) is 6.61 Å². The standard InChI is InChI=1S/C21H18BrClN2O4S/c1-3-28-17-9-14(10-18-20(27)25-21(30-18)24-12(2)26)8-16(23)19(17)29-11-13-4-6-15(22)7-5-13/h4-10H,3,11H2,1-2H3,(H,24,25,26,27)/b18-10-. The van der Waals surface area contributed by atoms with Crippen LogP contribution in [0.4, 0.5) is 0 Å². The van der Waals surface area contributed by atoms with Crippen LogP contribution in [0.25, 0.3) is 6.08 Å². The summed E-state index contributed by atoms with van der Waals surface area (Å²) in [7, 11) is 0. The minimum Gasteiger partial charge on any atom is -0.490 e. The van der Waals surface area contributed by atoms with Crippen molar-refractivity contribution >= 4 is 62.4 Å². The molecule has 0 radical (unpaired) electrons. The number of amidine groups is 1. The number of hydrogen-bond donors (Lipinski definition) is 1. The van der Waals surface area contributed by atoms with Crippen LogP contribution in [0.5, 0.6) is 11.5 Å². The molecule has 2 aromatic rings. The predicted octanol–water partition coefficient (Wildman–Crippen LogP) is 5.19. The molecule has 0 unspecified atom stereocenters. The van der Waals surface area contributed by atoms with E-state index in [-0.39, 0.29) is 11.1 Å². The summed E-state index contributed by atoms with van der Waals surface area (Å²) in [4.78, 5) is 27.5. The summed E-state index contributed by atoms with van der Waals surface area (Å²) < 4.78 is 12.6. The molecule has 1 N–H and O–H groups in total. The van der Waals surface area contributed by atoms with E-state index in [0.29, 0.717) is 40.2 Å². The Morgan fingerprint density at radius 2 is 2.00 bits per heavy atom. The Bertz CT molecular complexity index is 1040. The Balaban J connectivity index is 1.81. The van der Waals surface area contributed by atoms with Crippen LogP contribution in [0.2, 0.25) is 5.02 Å². The SMILES string of the molecule is CCOc1cc(/C=C2\SC(NC(C)=O)=NC2=O)cc(Cl)c1OCc1ccc(Br)cc1. The van der Waals surface area contributed by atoms with Gasteiger partial charge in [-0.2, -0.15) is 4.99 Å². The molecule has 156 valence electrons. The van der Waals surface area contributed by atoms with Gasteiger partial charge in [0.1, 0.15) is 6.61 Å². The van der Waals surface area contributed by atoms with Crippen molar-refractivity contribution in [2.24, 2.45) is 4.99 Å². The van der Waals surface area contributed by atoms with E-state index in [1.54, 1.807) is 18.2 Å². The summed E-state index contributed by atoms with van der Waals surface area (Å²) in [6.45, 7) is 3.97. The topological polar surface area (TPSA) is 77.0 Å². The maximum Gasteiger partial charge on any atom is 0.286 e. The second-order valence-electron chi connectivity index (χ2n) is 6.19. The van der Waals surface area contributed by atoms with Crippen molar-refractivity contribution in [3.05, 3.63) is 61.9 Å². The lowest BCUT2D eigenvalue weighted by molar-refractivity contribution is -0.117. The maximum atomic E-state index is 12.1. The molecule has 2 aromatic carbocycles. The normalized spacial score (nSPS) is 14.6. The fourth-order valence-electron chi connectivity index (χ4n) is 2.57. The molecule has 0 aliphatic carbocycles. The van der Waals surface area contributed by atoms with Crippen molar-refractivity contribution in [3.8, 4) is 11.5 Å². The highest BCUT2D eigenvalue weighted by atomic mass is 79.9. The summed E-state index contributed by atoms with van der Waals surface area (Å²) in [6.07, 6.45) is 1.65. The van der Waals surface area contributed by atoms with E-state index in [2.05, 4.69) is 26.2 Å². The van der Waals surface area contributed by atoms with Gasteiger partial charge in [-0.25, -0.2) is 0 Å². The van der Waals surface area contributed by atoms with Crippen molar-refractivity contribution < 1.29 is 19.1 Å². The van der Waals surface area contributed by atoms with E-state index in [9.17, 15) is 9.59 Å². The number of benzene rings is 2. The Hall–Kier alpha value is -2.29. The summed E-state index contributed by atoms with van der Waals surface area (Å²) in [5.41, 5.74) is 1.65. The highest BCUT2D eigenvalue weighted by Crippen LogP contribution is 2.39. The molecule has 30 heavy (non-hydrogen) atoms. The van der Waals surface area contributed by atoms with Gasteiger partial charge in [0.25, 0.3) is 5.91 Å². The molecular weight excluding hydrogens is 492 g/mol. The van der Waals surface area contributed by atoms with E-state index < -0.39 is 5.91 Å². The Morgan fingerprint density at radius 3 is 2.67 bits per heavy atom. The first kappa shape index (κ1) is 22.4. The third-order valence-electron chi connectivity index (χ3n) is 3.83. The van der Waals surface area contributed by atoms with E-state index in [0.717, 1.165) is 21.8 Å². The van der Waals surface area contributed by atoms with Gasteiger partial charge in [0.2, 0.25) is 5.91 Å². The Labute approximate surface area is 191 Å². The molecule has 0 saturated heterocycles. The first-order valence-electron chi connectivity index (χ1n) is 8.99. The summed E-state index contributed by atoms with van der Waals surface area (Å²) in [5, 5.41) is 3.13. The van der Waals surface area contributed by atoms with Gasteiger partial charge < -0.3 is 14.8 Å². The van der Waals surface area contributed by atoms with Gasteiger partial charge in [-0.3, -0.25) is 9.59 Å². The van der Waals surface area contributed by atoms with Crippen LogP contribution in [-0.2, 0) is 16.2 Å². The Morgan fingerprint density at radius 1 is 1.27 bits per heavy atom. The summed E-state index contributed by atoms with van der Waals surface area (Å²) in [5.74, 6) is 0.203. The largest absolute Gasteiger partial charge is 0.490 e. The molecule has 0 aromatic heterocycles. The first-order chi connectivity index (χ1) is 14.4. The van der Waals surface area contributed by atoms with Gasteiger partial charge in [0.05, 0.1) is 16.5 Å². The van der Waals surface area contributed by atoms with Crippen LogP contribution in [0.1, 0.15) is 25.0 Å². The third kappa shape index (κ3) is 5.87. The number of ether oxygens (including phenoxy) is 2. The van der Waals surface area contributed by atoms with Gasteiger partial charge in [-0.05, 0) is 60.2 Å². The monoisotopic (exact) mass is 508 g/mol. The number of aliphatic imine (C=N–C) groups is 1. The van der Waals surface area contributed by atoms with Crippen molar-refractivity contribution in [1.82, 2.24) is 5.32 Å². The molecule has 0 fully saturated rings. The van der Waals surface area contributed by atoms with Gasteiger partial charge in [-0.15, -0.1) is 0 Å². The first-order valence-corrected chi connectivity index (χ1v) is 11.0. The van der Waals surface area contributed by atoms with Crippen LogP contribution < -0.4 is 14.8 Å². The molecule has 0 bridgehead atoms. The lowest BCUT2D eigenvalue weighted by Crippen LogP contribution is -2.23. The molecule has 0 saturated carbocycles. The molecule has 6 nitrogen and oxygen atoms in total. The van der Waals surface area contributed by atoms with Crippen molar-refractivity contribution in [3.63, 3.8) is 0 Å². The third-order valence-corrected chi connectivity index (χ3v) is 5.54. The fourth-order valence-corrected chi connectivity index (χ4v) is 3.97. The lowest BCUT2D eigenvalue weighted by atomic mass is 10.1. The minimum atomic E-state index is -0.423. The number of carbonyl (C=O) groups is 2. The fraction of sp³-hybridized carbons (Fsp3) is 0.190. The average Bonchev–Trinajstić information content (AvgIpc) is 3.01. The molecule has 2 amide bonds. The lowest BCUT2D eigenvalue weighted by Gasteiger charge is -2.15. The van der Waals surface area contributed by atoms with Crippen LogP contribution in [-0.4, -0.2) is 23.6 Å². The number of hydrogen-bond acceptors (Lipinski definition) is 5. The summed E-state index contributed by atoms with van der Waals surface area (Å²) in [6, 6.07) is 11.2. The molecule has 0 spiro atoms. The molecule has 1 heterocycles. The average molecular weight is 510 g/mol. The van der Waals surface area contributed by atoms with Gasteiger partial charge in [-0.1, -0.05) is 39.7 Å². The predicted molar refractivity (Wildman–Crippen MR) is 123 cm³/mol. The van der Waals surface area contributed by atoms with Gasteiger partial charge in [0.15, 0.2) is 16.7 Å². The van der Waals surface area contributed by atoms with E-state index >= 15 is 0 Å². The second kappa shape index (κ2) is 10.1. The van der Waals surface area contributed by atoms with Crippen molar-refractivity contribution in [2.45, 2.75) is 20.5 Å². The van der Waals surface area contributed by atoms with Gasteiger partial charge in [0, 0.05) is 11.4 Å². The molecule has 3 rings (SSSR count). The van der Waals surface area contributed by atoms with Crippen LogP contribution in [0.3, 0.4) is 0 Å². The molecule has 0 atom stereocenters. The molecule has 1 aliphatic heterocycles. The number of halogens is 2. The van der Waals surface area contributed by atoms with E-state index in [1.807, 2.05) is 31.2 Å². The van der Waals surface area contributed by atoms with Gasteiger partial charge >= 0.3 is 0 Å². The maximum absolute atomic E-state index is 12.1. The zero-order valence-corrected chi connectivity index (χ0v) is 19.4. The quantitative estimate of drug-likeness (QED) is 0.543. The number of carbonyl (C=O) groups excluding carboxylic acids is 2.